The molecular weight excluding hydrogens is 448 g/mol. The van der Waals surface area contributed by atoms with Crippen molar-refractivity contribution in [3.05, 3.63) is 63.0 Å². The van der Waals surface area contributed by atoms with Crippen molar-refractivity contribution < 1.29 is 13.2 Å². The molecule has 2 aliphatic heterocycles. The van der Waals surface area contributed by atoms with Crippen molar-refractivity contribution in [3.63, 3.8) is 0 Å². The fourth-order valence-electron chi connectivity index (χ4n) is 3.05. The van der Waals surface area contributed by atoms with Gasteiger partial charge in [0.1, 0.15) is 22.4 Å². The third-order valence-corrected chi connectivity index (χ3v) is 5.96. The van der Waals surface area contributed by atoms with Crippen molar-refractivity contribution in [1.82, 2.24) is 4.98 Å². The van der Waals surface area contributed by atoms with E-state index in [1.165, 1.54) is 29.1 Å². The normalized spacial score (nSPS) is 21.8. The molecule has 1 aromatic heterocycles. The van der Waals surface area contributed by atoms with Crippen LogP contribution in [0.25, 0.3) is 0 Å². The molecule has 29 heavy (non-hydrogen) atoms. The molecule has 0 aliphatic carbocycles. The monoisotopic (exact) mass is 460 g/mol. The number of alkyl halides is 3. The van der Waals surface area contributed by atoms with E-state index in [-0.39, 0.29) is 0 Å². The highest BCUT2D eigenvalue weighted by Gasteiger charge is 2.41. The average molecular weight is 461 g/mol. The van der Waals surface area contributed by atoms with E-state index in [4.69, 9.17) is 34.7 Å². The third-order valence-electron chi connectivity index (χ3n) is 4.36. The van der Waals surface area contributed by atoms with Crippen LogP contribution in [0.4, 0.5) is 24.5 Å². The van der Waals surface area contributed by atoms with Crippen LogP contribution in [0, 0.1) is 0 Å². The van der Waals surface area contributed by atoms with E-state index in [0.29, 0.717) is 32.1 Å². The van der Waals surface area contributed by atoms with Crippen LogP contribution in [0.15, 0.2) is 52.2 Å². The lowest BCUT2D eigenvalue weighted by atomic mass is 10.2. The molecule has 1 aromatic carbocycles. The van der Waals surface area contributed by atoms with Crippen molar-refractivity contribution in [3.8, 4) is 0 Å². The number of anilines is 2. The molecule has 3 heterocycles. The molecule has 2 atom stereocenters. The SMILES string of the molecule is NC1C2=C(N=CN1c1ccc(C(F)(F)F)nc1)SC(N)N2c1c(Cl)cccc1Cl. The topological polar surface area (TPSA) is 83.8 Å². The van der Waals surface area contributed by atoms with Gasteiger partial charge in [0.2, 0.25) is 0 Å². The molecule has 2 aromatic rings. The van der Waals surface area contributed by atoms with Crippen LogP contribution in [-0.4, -0.2) is 23.0 Å². The molecule has 0 radical (unpaired) electrons. The number of hydrogen-bond acceptors (Lipinski definition) is 7. The summed E-state index contributed by atoms with van der Waals surface area (Å²) < 4.78 is 38.4. The lowest BCUT2D eigenvalue weighted by Crippen LogP contribution is -2.50. The number of nitrogens with zero attached hydrogens (tertiary/aromatic N) is 4. The molecule has 2 aliphatic rings. The van der Waals surface area contributed by atoms with Crippen molar-refractivity contribution in [2.24, 2.45) is 16.5 Å². The summed E-state index contributed by atoms with van der Waals surface area (Å²) in [6, 6.07) is 7.22. The van der Waals surface area contributed by atoms with E-state index in [0.717, 1.165) is 12.3 Å². The summed E-state index contributed by atoms with van der Waals surface area (Å²) in [7, 11) is 0. The number of thioether (sulfide) groups is 1. The maximum Gasteiger partial charge on any atom is 0.433 e. The summed E-state index contributed by atoms with van der Waals surface area (Å²) in [5.41, 5.74) is 12.5. The zero-order valence-corrected chi connectivity index (χ0v) is 16.8. The molecule has 0 bridgehead atoms. The van der Waals surface area contributed by atoms with E-state index in [1.807, 2.05) is 0 Å². The highest BCUT2D eigenvalue weighted by molar-refractivity contribution is 8.04. The van der Waals surface area contributed by atoms with Crippen LogP contribution >= 0.6 is 35.0 Å². The number of hydrogen-bond donors (Lipinski definition) is 2. The van der Waals surface area contributed by atoms with Gasteiger partial charge >= 0.3 is 6.18 Å². The van der Waals surface area contributed by atoms with Crippen molar-refractivity contribution in [1.29, 1.82) is 0 Å². The molecule has 0 spiro atoms. The van der Waals surface area contributed by atoms with Crippen LogP contribution in [0.5, 0.6) is 0 Å². The maximum absolute atomic E-state index is 12.8. The highest BCUT2D eigenvalue weighted by Crippen LogP contribution is 2.47. The molecule has 0 saturated carbocycles. The van der Waals surface area contributed by atoms with Gasteiger partial charge in [-0.25, -0.2) is 9.98 Å². The second-order valence-electron chi connectivity index (χ2n) is 6.14. The second-order valence-corrected chi connectivity index (χ2v) is 8.05. The van der Waals surface area contributed by atoms with Crippen LogP contribution in [0.3, 0.4) is 0 Å². The molecule has 4 N–H and O–H groups in total. The number of pyridine rings is 1. The molecule has 2 unspecified atom stereocenters. The Labute approximate surface area is 178 Å². The van der Waals surface area contributed by atoms with Gasteiger partial charge in [-0.3, -0.25) is 0 Å². The van der Waals surface area contributed by atoms with Crippen LogP contribution in [0.2, 0.25) is 10.0 Å². The smallest absolute Gasteiger partial charge is 0.311 e. The molecule has 0 amide bonds. The van der Waals surface area contributed by atoms with Gasteiger partial charge in [-0.05, 0) is 24.3 Å². The molecule has 4 rings (SSSR count). The van der Waals surface area contributed by atoms with Crippen LogP contribution < -0.4 is 21.3 Å². The molecule has 0 fully saturated rings. The largest absolute Gasteiger partial charge is 0.433 e. The van der Waals surface area contributed by atoms with Crippen LogP contribution in [0.1, 0.15) is 5.69 Å². The Hall–Kier alpha value is -1.98. The number of benzene rings is 1. The Morgan fingerprint density at radius 2 is 1.76 bits per heavy atom. The van der Waals surface area contributed by atoms with E-state index in [1.54, 1.807) is 23.1 Å². The van der Waals surface area contributed by atoms with E-state index in [2.05, 4.69) is 9.98 Å². The molecule has 0 saturated heterocycles. The first-order valence-electron chi connectivity index (χ1n) is 8.19. The predicted octanol–water partition coefficient (Wildman–Crippen LogP) is 4.21. The fourth-order valence-corrected chi connectivity index (χ4v) is 4.63. The minimum absolute atomic E-state index is 0.344. The van der Waals surface area contributed by atoms with E-state index >= 15 is 0 Å². The Balaban J connectivity index is 1.71. The van der Waals surface area contributed by atoms with Crippen molar-refractivity contribution in [2.45, 2.75) is 17.8 Å². The second kappa shape index (κ2) is 7.37. The number of para-hydroxylation sites is 1. The van der Waals surface area contributed by atoms with Gasteiger partial charge in [-0.1, -0.05) is 41.0 Å². The first-order chi connectivity index (χ1) is 13.7. The minimum Gasteiger partial charge on any atom is -0.311 e. The highest BCUT2D eigenvalue weighted by atomic mass is 35.5. The van der Waals surface area contributed by atoms with Crippen molar-refractivity contribution in [2.75, 3.05) is 9.80 Å². The summed E-state index contributed by atoms with van der Waals surface area (Å²) in [5, 5.41) is 1.34. The lowest BCUT2D eigenvalue weighted by molar-refractivity contribution is -0.141. The van der Waals surface area contributed by atoms with Gasteiger partial charge in [0.15, 0.2) is 0 Å². The Bertz CT molecular complexity index is 991. The van der Waals surface area contributed by atoms with Gasteiger partial charge in [-0.15, -0.1) is 0 Å². The van der Waals surface area contributed by atoms with Gasteiger partial charge in [0.25, 0.3) is 0 Å². The van der Waals surface area contributed by atoms with Gasteiger partial charge < -0.3 is 21.3 Å². The average Bonchev–Trinajstić information content (AvgIpc) is 2.98. The number of aromatic nitrogens is 1. The Kier molecular flexibility index (Phi) is 5.16. The molecular formula is C17H13Cl2F3N6S. The minimum atomic E-state index is -4.53. The van der Waals surface area contributed by atoms with Gasteiger partial charge in [0, 0.05) is 0 Å². The summed E-state index contributed by atoms with van der Waals surface area (Å²) in [6.45, 7) is 0. The number of rotatable bonds is 2. The lowest BCUT2D eigenvalue weighted by Gasteiger charge is -2.36. The van der Waals surface area contributed by atoms with E-state index < -0.39 is 23.5 Å². The molecule has 12 heteroatoms. The fraction of sp³-hybridized carbons (Fsp3) is 0.176. The predicted molar refractivity (Wildman–Crippen MR) is 110 cm³/mol. The number of halogens is 5. The Morgan fingerprint density at radius 1 is 1.07 bits per heavy atom. The van der Waals surface area contributed by atoms with Gasteiger partial charge in [-0.2, -0.15) is 13.2 Å². The standard InChI is InChI=1S/C17H13Cl2F3N6S/c18-9-2-1-3-10(19)12(9)28-13-14(23)27(7-26-15(13)29-16(28)24)8-4-5-11(25-6-8)17(20,21)22/h1-7,14,16H,23-24H2. The molecule has 152 valence electrons. The van der Waals surface area contributed by atoms with Crippen molar-refractivity contribution >= 4 is 52.7 Å². The Morgan fingerprint density at radius 3 is 2.34 bits per heavy atom. The van der Waals surface area contributed by atoms with Gasteiger partial charge in [0.05, 0.1) is 39.7 Å². The first-order valence-corrected chi connectivity index (χ1v) is 9.83. The summed E-state index contributed by atoms with van der Waals surface area (Å²) in [5.74, 6) is 0. The molecule has 6 nitrogen and oxygen atoms in total. The quantitative estimate of drug-likeness (QED) is 0.698. The number of nitrogens with two attached hydrogens (primary N) is 2. The van der Waals surface area contributed by atoms with E-state index in [9.17, 15) is 13.2 Å². The third kappa shape index (κ3) is 3.55. The summed E-state index contributed by atoms with van der Waals surface area (Å²) >= 11 is 14.0. The summed E-state index contributed by atoms with van der Waals surface area (Å²) in [4.78, 5) is 11.0. The number of aliphatic imine (C=N–C) groups is 1. The zero-order chi connectivity index (χ0) is 20.9. The zero-order valence-electron chi connectivity index (χ0n) is 14.4. The maximum atomic E-state index is 12.8. The van der Waals surface area contributed by atoms with Crippen LogP contribution in [-0.2, 0) is 6.18 Å². The first kappa shape index (κ1) is 20.3. The summed E-state index contributed by atoms with van der Waals surface area (Å²) in [6.07, 6.45) is -2.80.